The molecule has 90 valence electrons. The van der Waals surface area contributed by atoms with Crippen LogP contribution < -0.4 is 0 Å². The third kappa shape index (κ3) is 2.75. The smallest absolute Gasteiger partial charge is 0.331 e. The Balaban J connectivity index is 2.99. The quantitative estimate of drug-likeness (QED) is 0.582. The number of carboxylic acid groups (broad SMARTS) is 1. The summed E-state index contributed by atoms with van der Waals surface area (Å²) in [5.74, 6) is 0.153. The fourth-order valence-electron chi connectivity index (χ4n) is 2.55. The van der Waals surface area contributed by atoms with Gasteiger partial charge in [-0.25, -0.2) is 4.79 Å². The zero-order valence-electron chi connectivity index (χ0n) is 10.5. The molecule has 0 saturated heterocycles. The standard InChI is InChI=1S/C14H22O2/c1-5-12(14(15)16)13-8-11(9(2)3)7-6-10(13)4/h10-11H,2,5-8H2,1,3-4H3,(H,15,16)/t10-,11-/m1/s1. The van der Waals surface area contributed by atoms with Gasteiger partial charge >= 0.3 is 5.97 Å². The molecule has 0 amide bonds. The Kier molecular flexibility index (Phi) is 4.34. The molecule has 2 nitrogen and oxygen atoms in total. The zero-order valence-corrected chi connectivity index (χ0v) is 10.5. The van der Waals surface area contributed by atoms with Crippen LogP contribution in [0.2, 0.25) is 0 Å². The summed E-state index contributed by atoms with van der Waals surface area (Å²) >= 11 is 0. The minimum Gasteiger partial charge on any atom is -0.478 e. The lowest BCUT2D eigenvalue weighted by atomic mass is 9.74. The van der Waals surface area contributed by atoms with Crippen LogP contribution in [0, 0.1) is 11.8 Å². The molecule has 1 saturated carbocycles. The van der Waals surface area contributed by atoms with Crippen molar-refractivity contribution in [2.75, 3.05) is 0 Å². The fourth-order valence-corrected chi connectivity index (χ4v) is 2.55. The van der Waals surface area contributed by atoms with Crippen molar-refractivity contribution >= 4 is 5.97 Å². The van der Waals surface area contributed by atoms with E-state index in [0.717, 1.165) is 24.8 Å². The second-order valence-electron chi connectivity index (χ2n) is 4.89. The van der Waals surface area contributed by atoms with Crippen molar-refractivity contribution < 1.29 is 9.90 Å². The molecule has 0 aromatic carbocycles. The maximum absolute atomic E-state index is 11.2. The van der Waals surface area contributed by atoms with Crippen molar-refractivity contribution in [1.82, 2.24) is 0 Å². The molecular weight excluding hydrogens is 200 g/mol. The van der Waals surface area contributed by atoms with Crippen molar-refractivity contribution in [3.8, 4) is 0 Å². The molecule has 0 aliphatic heterocycles. The minimum absolute atomic E-state index is 0.418. The molecule has 16 heavy (non-hydrogen) atoms. The Labute approximate surface area is 98.1 Å². The van der Waals surface area contributed by atoms with Crippen LogP contribution in [0.1, 0.15) is 46.5 Å². The van der Waals surface area contributed by atoms with E-state index in [9.17, 15) is 9.90 Å². The van der Waals surface area contributed by atoms with E-state index >= 15 is 0 Å². The van der Waals surface area contributed by atoms with Crippen LogP contribution in [0.25, 0.3) is 0 Å². The highest BCUT2D eigenvalue weighted by atomic mass is 16.4. The third-order valence-electron chi connectivity index (χ3n) is 3.71. The Bertz CT molecular complexity index is 326. The summed E-state index contributed by atoms with van der Waals surface area (Å²) in [6.45, 7) is 10.1. The van der Waals surface area contributed by atoms with E-state index in [0.29, 0.717) is 23.8 Å². The summed E-state index contributed by atoms with van der Waals surface area (Å²) in [5, 5.41) is 9.19. The number of rotatable bonds is 3. The molecule has 0 heterocycles. The summed E-state index contributed by atoms with van der Waals surface area (Å²) in [6.07, 6.45) is 3.75. The van der Waals surface area contributed by atoms with E-state index in [2.05, 4.69) is 13.5 Å². The van der Waals surface area contributed by atoms with Gasteiger partial charge in [-0.3, -0.25) is 0 Å². The molecule has 0 radical (unpaired) electrons. The number of hydrogen-bond donors (Lipinski definition) is 1. The van der Waals surface area contributed by atoms with Gasteiger partial charge in [-0.1, -0.05) is 31.6 Å². The first-order valence-electron chi connectivity index (χ1n) is 6.07. The van der Waals surface area contributed by atoms with Gasteiger partial charge in [-0.05, 0) is 44.4 Å². The van der Waals surface area contributed by atoms with Gasteiger partial charge in [0.15, 0.2) is 0 Å². The molecule has 1 rings (SSSR count). The molecule has 0 unspecified atom stereocenters. The van der Waals surface area contributed by atoms with E-state index < -0.39 is 5.97 Å². The first kappa shape index (κ1) is 13.0. The first-order valence-corrected chi connectivity index (χ1v) is 6.07. The van der Waals surface area contributed by atoms with Gasteiger partial charge in [0.05, 0.1) is 0 Å². The van der Waals surface area contributed by atoms with E-state index in [1.807, 2.05) is 13.8 Å². The molecule has 0 bridgehead atoms. The highest BCUT2D eigenvalue weighted by Gasteiger charge is 2.26. The van der Waals surface area contributed by atoms with E-state index in [1.165, 1.54) is 5.57 Å². The van der Waals surface area contributed by atoms with Crippen LogP contribution in [0.3, 0.4) is 0 Å². The lowest BCUT2D eigenvalue weighted by Crippen LogP contribution is -2.19. The van der Waals surface area contributed by atoms with Gasteiger partial charge in [0.25, 0.3) is 0 Å². The summed E-state index contributed by atoms with van der Waals surface area (Å²) < 4.78 is 0. The highest BCUT2D eigenvalue weighted by Crippen LogP contribution is 2.38. The summed E-state index contributed by atoms with van der Waals surface area (Å²) in [4.78, 5) is 11.2. The fraction of sp³-hybridized carbons (Fsp3) is 0.643. The predicted molar refractivity (Wildman–Crippen MR) is 66.3 cm³/mol. The number of aliphatic carboxylic acids is 1. The Morgan fingerprint density at radius 1 is 1.50 bits per heavy atom. The van der Waals surface area contributed by atoms with E-state index in [-0.39, 0.29) is 0 Å². The average molecular weight is 222 g/mol. The normalized spacial score (nSPS) is 28.7. The molecule has 2 atom stereocenters. The molecule has 2 heteroatoms. The first-order chi connectivity index (χ1) is 7.47. The maximum Gasteiger partial charge on any atom is 0.331 e. The van der Waals surface area contributed by atoms with Gasteiger partial charge < -0.3 is 5.11 Å². The predicted octanol–water partition coefficient (Wildman–Crippen LogP) is 3.79. The lowest BCUT2D eigenvalue weighted by molar-refractivity contribution is -0.132. The number of carboxylic acids is 1. The minimum atomic E-state index is -0.744. The molecule has 1 fully saturated rings. The van der Waals surface area contributed by atoms with Crippen molar-refractivity contribution in [3.05, 3.63) is 23.3 Å². The summed E-state index contributed by atoms with van der Waals surface area (Å²) in [6, 6.07) is 0. The second kappa shape index (κ2) is 5.33. The SMILES string of the molecule is C=C(C)[C@@H]1CC[C@@H](C)C(=C(CC)C(=O)O)C1. The zero-order chi connectivity index (χ0) is 12.3. The number of hydrogen-bond acceptors (Lipinski definition) is 1. The number of allylic oxidation sites excluding steroid dienone is 2. The van der Waals surface area contributed by atoms with Gasteiger partial charge in [0.1, 0.15) is 0 Å². The monoisotopic (exact) mass is 222 g/mol. The Hall–Kier alpha value is -1.05. The van der Waals surface area contributed by atoms with E-state index in [1.54, 1.807) is 0 Å². The van der Waals surface area contributed by atoms with E-state index in [4.69, 9.17) is 0 Å². The van der Waals surface area contributed by atoms with Crippen molar-refractivity contribution in [2.45, 2.75) is 46.5 Å². The molecule has 0 aromatic rings. The highest BCUT2D eigenvalue weighted by molar-refractivity contribution is 5.87. The average Bonchev–Trinajstić information content (AvgIpc) is 2.20. The Morgan fingerprint density at radius 3 is 2.56 bits per heavy atom. The van der Waals surface area contributed by atoms with Crippen LogP contribution in [-0.4, -0.2) is 11.1 Å². The topological polar surface area (TPSA) is 37.3 Å². The molecule has 0 aromatic heterocycles. The molecule has 0 spiro atoms. The number of carbonyl (C=O) groups is 1. The summed E-state index contributed by atoms with van der Waals surface area (Å²) in [5.41, 5.74) is 2.96. The Morgan fingerprint density at radius 2 is 2.12 bits per heavy atom. The van der Waals surface area contributed by atoms with Crippen LogP contribution >= 0.6 is 0 Å². The third-order valence-corrected chi connectivity index (χ3v) is 3.71. The lowest BCUT2D eigenvalue weighted by Gasteiger charge is -2.31. The van der Waals surface area contributed by atoms with Crippen LogP contribution in [0.4, 0.5) is 0 Å². The summed E-state index contributed by atoms with van der Waals surface area (Å²) in [7, 11) is 0. The van der Waals surface area contributed by atoms with Gasteiger partial charge in [-0.15, -0.1) is 0 Å². The molecule has 1 aliphatic rings. The van der Waals surface area contributed by atoms with Crippen LogP contribution in [-0.2, 0) is 4.79 Å². The van der Waals surface area contributed by atoms with Crippen molar-refractivity contribution in [1.29, 1.82) is 0 Å². The second-order valence-corrected chi connectivity index (χ2v) is 4.89. The largest absolute Gasteiger partial charge is 0.478 e. The van der Waals surface area contributed by atoms with Crippen LogP contribution in [0.15, 0.2) is 23.3 Å². The van der Waals surface area contributed by atoms with Gasteiger partial charge in [-0.2, -0.15) is 0 Å². The van der Waals surface area contributed by atoms with Crippen molar-refractivity contribution in [3.63, 3.8) is 0 Å². The molecular formula is C14H22O2. The maximum atomic E-state index is 11.2. The van der Waals surface area contributed by atoms with Crippen molar-refractivity contribution in [2.24, 2.45) is 11.8 Å². The molecule has 1 aliphatic carbocycles. The van der Waals surface area contributed by atoms with Gasteiger partial charge in [0, 0.05) is 5.57 Å². The van der Waals surface area contributed by atoms with Gasteiger partial charge in [0.2, 0.25) is 0 Å². The molecule has 1 N–H and O–H groups in total. The van der Waals surface area contributed by atoms with Crippen LogP contribution in [0.5, 0.6) is 0 Å².